The molecular weight excluding hydrogens is 310 g/mol. The molecule has 0 saturated heterocycles. The number of ether oxygens (including phenoxy) is 1. The summed E-state index contributed by atoms with van der Waals surface area (Å²) in [7, 11) is 0. The van der Waals surface area contributed by atoms with Crippen LogP contribution in [0.4, 0.5) is 4.79 Å². The second-order valence-corrected chi connectivity index (χ2v) is 5.51. The number of carbonyl (C=O) groups is 1. The Morgan fingerprint density at radius 2 is 2.04 bits per heavy atom. The molecule has 0 aliphatic rings. The fourth-order valence-electron chi connectivity index (χ4n) is 2.19. The number of alkyl carbamates (subject to hydrolysis) is 1. The first-order valence-corrected chi connectivity index (χ1v) is 8.16. The van der Waals surface area contributed by atoms with Crippen molar-refractivity contribution in [2.75, 3.05) is 6.61 Å². The molecule has 0 spiro atoms. The van der Waals surface area contributed by atoms with Crippen molar-refractivity contribution in [1.82, 2.24) is 15.5 Å². The quantitative estimate of drug-likeness (QED) is 0.569. The molecule has 0 fully saturated rings. The van der Waals surface area contributed by atoms with E-state index < -0.39 is 11.8 Å². The minimum absolute atomic E-state index is 0.0596. The van der Waals surface area contributed by atoms with Crippen LogP contribution in [0.25, 0.3) is 11.4 Å². The van der Waals surface area contributed by atoms with Gasteiger partial charge in [0.1, 0.15) is 0 Å². The molecule has 0 aliphatic heterocycles. The number of aliphatic hydroxyl groups is 1. The third-order valence-corrected chi connectivity index (χ3v) is 3.46. The molecule has 7 nitrogen and oxygen atoms in total. The van der Waals surface area contributed by atoms with E-state index in [2.05, 4.69) is 15.5 Å². The highest BCUT2D eigenvalue weighted by Crippen LogP contribution is 2.25. The van der Waals surface area contributed by atoms with Crippen LogP contribution in [0.5, 0.6) is 0 Å². The van der Waals surface area contributed by atoms with Crippen molar-refractivity contribution in [3.05, 3.63) is 36.2 Å². The summed E-state index contributed by atoms with van der Waals surface area (Å²) >= 11 is 0. The van der Waals surface area contributed by atoms with Gasteiger partial charge in [0.15, 0.2) is 0 Å². The monoisotopic (exact) mass is 333 g/mol. The van der Waals surface area contributed by atoms with E-state index in [4.69, 9.17) is 9.26 Å². The summed E-state index contributed by atoms with van der Waals surface area (Å²) in [5, 5.41) is 17.1. The van der Waals surface area contributed by atoms with Gasteiger partial charge in [-0.05, 0) is 6.42 Å². The third kappa shape index (κ3) is 4.55. The standard InChI is InChI=1S/C17H23N3O4/c1-3-5-12-23-16(21)19-17(22,11-4-2)15-18-14(20-24-15)13-9-7-6-8-10-13/h6-10,22H,3-5,11-12H2,1-2H3,(H,19,21). The van der Waals surface area contributed by atoms with Gasteiger partial charge in [0.2, 0.25) is 11.5 Å². The maximum Gasteiger partial charge on any atom is 0.409 e. The Kier molecular flexibility index (Phi) is 6.31. The topological polar surface area (TPSA) is 97.5 Å². The van der Waals surface area contributed by atoms with Gasteiger partial charge in [-0.25, -0.2) is 4.79 Å². The van der Waals surface area contributed by atoms with Crippen LogP contribution in [0.1, 0.15) is 45.4 Å². The second kappa shape index (κ2) is 8.44. The van der Waals surface area contributed by atoms with Gasteiger partial charge < -0.3 is 14.4 Å². The first-order chi connectivity index (χ1) is 11.6. The first-order valence-electron chi connectivity index (χ1n) is 8.16. The van der Waals surface area contributed by atoms with E-state index in [1.807, 2.05) is 44.2 Å². The van der Waals surface area contributed by atoms with Crippen molar-refractivity contribution in [3.8, 4) is 11.4 Å². The van der Waals surface area contributed by atoms with E-state index in [0.717, 1.165) is 18.4 Å². The minimum Gasteiger partial charge on any atom is -0.449 e. The summed E-state index contributed by atoms with van der Waals surface area (Å²) < 4.78 is 10.2. The summed E-state index contributed by atoms with van der Waals surface area (Å²) in [5.74, 6) is 0.289. The van der Waals surface area contributed by atoms with E-state index in [1.165, 1.54) is 0 Å². The van der Waals surface area contributed by atoms with Gasteiger partial charge in [0.05, 0.1) is 6.61 Å². The van der Waals surface area contributed by atoms with Crippen molar-refractivity contribution in [2.45, 2.75) is 45.3 Å². The molecular formula is C17H23N3O4. The fourth-order valence-corrected chi connectivity index (χ4v) is 2.19. The smallest absolute Gasteiger partial charge is 0.409 e. The van der Waals surface area contributed by atoms with Crippen LogP contribution >= 0.6 is 0 Å². The van der Waals surface area contributed by atoms with Crippen LogP contribution in [0.2, 0.25) is 0 Å². The van der Waals surface area contributed by atoms with E-state index in [9.17, 15) is 9.90 Å². The molecule has 0 radical (unpaired) electrons. The summed E-state index contributed by atoms with van der Waals surface area (Å²) in [6.45, 7) is 4.17. The van der Waals surface area contributed by atoms with Gasteiger partial charge >= 0.3 is 6.09 Å². The van der Waals surface area contributed by atoms with Gasteiger partial charge in [-0.2, -0.15) is 4.98 Å². The number of carbonyl (C=O) groups excluding carboxylic acids is 1. The average Bonchev–Trinajstić information content (AvgIpc) is 3.07. The maximum absolute atomic E-state index is 11.9. The highest BCUT2D eigenvalue weighted by Gasteiger charge is 2.37. The number of unbranched alkanes of at least 4 members (excludes halogenated alkanes) is 1. The van der Waals surface area contributed by atoms with Crippen molar-refractivity contribution < 1.29 is 19.2 Å². The number of rotatable bonds is 8. The second-order valence-electron chi connectivity index (χ2n) is 5.51. The summed E-state index contributed by atoms with van der Waals surface area (Å²) in [6, 6.07) is 9.26. The highest BCUT2D eigenvalue weighted by molar-refractivity contribution is 5.68. The normalized spacial score (nSPS) is 13.3. The lowest BCUT2D eigenvalue weighted by Crippen LogP contribution is -2.46. The summed E-state index contributed by atoms with van der Waals surface area (Å²) in [5.41, 5.74) is -0.991. The van der Waals surface area contributed by atoms with Crippen molar-refractivity contribution >= 4 is 6.09 Å². The number of hydrogen-bond donors (Lipinski definition) is 2. The number of nitrogens with one attached hydrogen (secondary N) is 1. The Hall–Kier alpha value is -2.41. The molecule has 1 unspecified atom stereocenters. The largest absolute Gasteiger partial charge is 0.449 e. The van der Waals surface area contributed by atoms with Gasteiger partial charge in [-0.15, -0.1) is 0 Å². The van der Waals surface area contributed by atoms with Crippen LogP contribution in [0.3, 0.4) is 0 Å². The zero-order valence-corrected chi connectivity index (χ0v) is 14.0. The molecule has 0 aliphatic carbocycles. The minimum atomic E-state index is -1.75. The van der Waals surface area contributed by atoms with Gasteiger partial charge in [-0.3, -0.25) is 5.32 Å². The van der Waals surface area contributed by atoms with Crippen LogP contribution in [0, 0.1) is 0 Å². The molecule has 1 heterocycles. The van der Waals surface area contributed by atoms with E-state index in [-0.39, 0.29) is 12.3 Å². The number of hydrogen-bond acceptors (Lipinski definition) is 6. The van der Waals surface area contributed by atoms with Crippen LogP contribution < -0.4 is 5.32 Å². The predicted octanol–water partition coefficient (Wildman–Crippen LogP) is 3.21. The fraction of sp³-hybridized carbons (Fsp3) is 0.471. The molecule has 130 valence electrons. The molecule has 2 aromatic rings. The Bertz CT molecular complexity index is 644. The third-order valence-electron chi connectivity index (χ3n) is 3.46. The van der Waals surface area contributed by atoms with Gasteiger partial charge in [-0.1, -0.05) is 62.2 Å². The molecule has 1 aromatic heterocycles. The lowest BCUT2D eigenvalue weighted by molar-refractivity contribution is -0.0351. The molecule has 2 rings (SSSR count). The summed E-state index contributed by atoms with van der Waals surface area (Å²) in [6.07, 6.45) is 1.80. The Morgan fingerprint density at radius 3 is 2.71 bits per heavy atom. The first kappa shape index (κ1) is 17.9. The SMILES string of the molecule is CCCCOC(=O)NC(O)(CCC)c1nc(-c2ccccc2)no1. The lowest BCUT2D eigenvalue weighted by atomic mass is 10.1. The maximum atomic E-state index is 11.9. The van der Waals surface area contributed by atoms with Gasteiger partial charge in [0.25, 0.3) is 5.89 Å². The Balaban J connectivity index is 2.14. The molecule has 1 atom stereocenters. The van der Waals surface area contributed by atoms with Crippen LogP contribution in [0.15, 0.2) is 34.9 Å². The number of nitrogens with zero attached hydrogens (tertiary/aromatic N) is 2. The Morgan fingerprint density at radius 1 is 1.29 bits per heavy atom. The molecule has 24 heavy (non-hydrogen) atoms. The van der Waals surface area contributed by atoms with Crippen molar-refractivity contribution in [3.63, 3.8) is 0 Å². The van der Waals surface area contributed by atoms with Gasteiger partial charge in [0, 0.05) is 12.0 Å². The van der Waals surface area contributed by atoms with Crippen LogP contribution in [-0.2, 0) is 10.5 Å². The lowest BCUT2D eigenvalue weighted by Gasteiger charge is -2.24. The molecule has 0 bridgehead atoms. The average molecular weight is 333 g/mol. The van der Waals surface area contributed by atoms with E-state index >= 15 is 0 Å². The number of aromatic nitrogens is 2. The van der Waals surface area contributed by atoms with Crippen LogP contribution in [-0.4, -0.2) is 27.9 Å². The van der Waals surface area contributed by atoms with Crippen molar-refractivity contribution in [1.29, 1.82) is 0 Å². The molecule has 1 aromatic carbocycles. The summed E-state index contributed by atoms with van der Waals surface area (Å²) in [4.78, 5) is 16.1. The molecule has 2 N–H and O–H groups in total. The zero-order chi connectivity index (χ0) is 17.4. The molecule has 7 heteroatoms. The zero-order valence-electron chi connectivity index (χ0n) is 14.0. The Labute approximate surface area is 141 Å². The highest BCUT2D eigenvalue weighted by atomic mass is 16.6. The van der Waals surface area contributed by atoms with E-state index in [0.29, 0.717) is 18.9 Å². The molecule has 1 amide bonds. The van der Waals surface area contributed by atoms with E-state index in [1.54, 1.807) is 0 Å². The predicted molar refractivity (Wildman–Crippen MR) is 87.9 cm³/mol. The number of benzene rings is 1. The van der Waals surface area contributed by atoms with Crippen molar-refractivity contribution in [2.24, 2.45) is 0 Å². The molecule has 0 saturated carbocycles. The number of amides is 1.